The van der Waals surface area contributed by atoms with E-state index in [1.54, 1.807) is 0 Å². The second kappa shape index (κ2) is 9.08. The fourth-order valence-corrected chi connectivity index (χ4v) is 2.54. The van der Waals surface area contributed by atoms with Crippen molar-refractivity contribution in [1.29, 1.82) is 0 Å². The van der Waals surface area contributed by atoms with Gasteiger partial charge in [0.2, 0.25) is 0 Å². The summed E-state index contributed by atoms with van der Waals surface area (Å²) in [4.78, 5) is 24.1. The summed E-state index contributed by atoms with van der Waals surface area (Å²) in [5, 5.41) is 2.75. The molecule has 1 N–H and O–H groups in total. The van der Waals surface area contributed by atoms with Crippen LogP contribution in [0.25, 0.3) is 0 Å². The van der Waals surface area contributed by atoms with Crippen molar-refractivity contribution in [2.24, 2.45) is 0 Å². The molecule has 2 aromatic carbocycles. The van der Waals surface area contributed by atoms with Gasteiger partial charge in [-0.25, -0.2) is 13.6 Å². The third-order valence-corrected chi connectivity index (χ3v) is 4.04. The molecule has 0 aliphatic heterocycles. The summed E-state index contributed by atoms with van der Waals surface area (Å²) in [5.74, 6) is -3.06. The van der Waals surface area contributed by atoms with Crippen LogP contribution in [0.2, 0.25) is 0 Å². The van der Waals surface area contributed by atoms with Gasteiger partial charge < -0.3 is 10.1 Å². The number of rotatable bonds is 7. The Bertz CT molecular complexity index is 745. The van der Waals surface area contributed by atoms with Gasteiger partial charge in [0.15, 0.2) is 6.10 Å². The number of carbonyl (C=O) groups excluding carboxylic acids is 2. The predicted molar refractivity (Wildman–Crippen MR) is 93.7 cm³/mol. The summed E-state index contributed by atoms with van der Waals surface area (Å²) < 4.78 is 31.3. The zero-order valence-electron chi connectivity index (χ0n) is 14.7. The Balaban J connectivity index is 1.91. The molecule has 0 unspecified atom stereocenters. The lowest BCUT2D eigenvalue weighted by atomic mass is 9.96. The Labute approximate surface area is 151 Å². The summed E-state index contributed by atoms with van der Waals surface area (Å²) in [7, 11) is 0. The molecule has 0 aromatic heterocycles. The van der Waals surface area contributed by atoms with Gasteiger partial charge in [0, 0.05) is 18.5 Å². The highest BCUT2D eigenvalue weighted by molar-refractivity contribution is 5.92. The first-order valence-corrected chi connectivity index (χ1v) is 8.40. The second-order valence-corrected chi connectivity index (χ2v) is 5.97. The van der Waals surface area contributed by atoms with Crippen LogP contribution in [0.1, 0.15) is 42.1 Å². The molecule has 2 atom stereocenters. The van der Waals surface area contributed by atoms with Crippen molar-refractivity contribution in [3.8, 4) is 0 Å². The maximum atomic E-state index is 13.2. The largest absolute Gasteiger partial charge is 0.449 e. The molecule has 2 aromatic rings. The van der Waals surface area contributed by atoms with Gasteiger partial charge in [-0.15, -0.1) is 0 Å². The summed E-state index contributed by atoms with van der Waals surface area (Å²) in [6.07, 6.45) is -0.247. The van der Waals surface area contributed by atoms with Gasteiger partial charge in [0.1, 0.15) is 11.6 Å². The molecular formula is C20H21F2NO3. The predicted octanol–water partition coefficient (Wildman–Crippen LogP) is 3.82. The lowest BCUT2D eigenvalue weighted by Gasteiger charge is -2.18. The van der Waals surface area contributed by atoms with Crippen LogP contribution in [0.3, 0.4) is 0 Å². The number of halogens is 2. The van der Waals surface area contributed by atoms with E-state index in [1.807, 2.05) is 37.3 Å². The highest BCUT2D eigenvalue weighted by Crippen LogP contribution is 2.18. The fraction of sp³-hybridized carbons (Fsp3) is 0.300. The summed E-state index contributed by atoms with van der Waals surface area (Å²) in [5.41, 5.74) is 0.827. The molecule has 138 valence electrons. The molecule has 0 fully saturated rings. The molecule has 0 saturated heterocycles. The van der Waals surface area contributed by atoms with Crippen LogP contribution >= 0.6 is 0 Å². The SMILES string of the molecule is CC[C@H](CNC(=O)[C@H](C)OC(=O)c1cc(F)cc(F)c1)c1ccccc1. The quantitative estimate of drug-likeness (QED) is 0.763. The van der Waals surface area contributed by atoms with Crippen molar-refractivity contribution in [2.75, 3.05) is 6.54 Å². The average molecular weight is 361 g/mol. The first kappa shape index (κ1) is 19.6. The molecule has 0 radical (unpaired) electrons. The Kier molecular flexibility index (Phi) is 6.83. The minimum absolute atomic E-state index is 0.139. The van der Waals surface area contributed by atoms with Gasteiger partial charge in [-0.2, -0.15) is 0 Å². The van der Waals surface area contributed by atoms with Crippen molar-refractivity contribution < 1.29 is 23.1 Å². The standard InChI is InChI=1S/C20H21F2NO3/c1-3-14(15-7-5-4-6-8-15)12-23-19(24)13(2)26-20(25)16-9-17(21)11-18(22)10-16/h4-11,13-14H,3,12H2,1-2H3,(H,23,24)/t13-,14+/m0/s1. The number of nitrogens with one attached hydrogen (secondary N) is 1. The lowest BCUT2D eigenvalue weighted by Crippen LogP contribution is -2.38. The Morgan fingerprint density at radius 3 is 2.27 bits per heavy atom. The van der Waals surface area contributed by atoms with E-state index in [-0.39, 0.29) is 11.5 Å². The zero-order valence-corrected chi connectivity index (χ0v) is 14.7. The molecule has 0 aliphatic rings. The normalized spacial score (nSPS) is 12.9. The average Bonchev–Trinajstić information content (AvgIpc) is 2.62. The lowest BCUT2D eigenvalue weighted by molar-refractivity contribution is -0.129. The number of hydrogen-bond donors (Lipinski definition) is 1. The first-order chi connectivity index (χ1) is 12.4. The molecule has 0 spiro atoms. The van der Waals surface area contributed by atoms with Gasteiger partial charge >= 0.3 is 5.97 Å². The number of esters is 1. The highest BCUT2D eigenvalue weighted by Gasteiger charge is 2.21. The number of hydrogen-bond acceptors (Lipinski definition) is 3. The molecule has 26 heavy (non-hydrogen) atoms. The molecule has 0 saturated carbocycles. The third-order valence-electron chi connectivity index (χ3n) is 4.04. The van der Waals surface area contributed by atoms with Gasteiger partial charge in [0.25, 0.3) is 5.91 Å². The third kappa shape index (κ3) is 5.37. The molecule has 0 aliphatic carbocycles. The zero-order chi connectivity index (χ0) is 19.1. The van der Waals surface area contributed by atoms with Crippen LogP contribution in [0.15, 0.2) is 48.5 Å². The van der Waals surface area contributed by atoms with Crippen LogP contribution in [-0.4, -0.2) is 24.5 Å². The van der Waals surface area contributed by atoms with Gasteiger partial charge in [-0.1, -0.05) is 37.3 Å². The van der Waals surface area contributed by atoms with Crippen LogP contribution in [-0.2, 0) is 9.53 Å². The van der Waals surface area contributed by atoms with E-state index in [1.165, 1.54) is 6.92 Å². The van der Waals surface area contributed by atoms with Crippen LogP contribution in [0.4, 0.5) is 8.78 Å². The molecule has 2 rings (SSSR count). The maximum absolute atomic E-state index is 13.2. The topological polar surface area (TPSA) is 55.4 Å². The monoisotopic (exact) mass is 361 g/mol. The van der Waals surface area contributed by atoms with Crippen molar-refractivity contribution in [3.05, 3.63) is 71.3 Å². The van der Waals surface area contributed by atoms with Crippen LogP contribution in [0.5, 0.6) is 0 Å². The minimum atomic E-state index is -1.08. The van der Waals surface area contributed by atoms with E-state index in [4.69, 9.17) is 4.74 Å². The smallest absolute Gasteiger partial charge is 0.339 e. The van der Waals surface area contributed by atoms with Gasteiger partial charge in [-0.05, 0) is 31.0 Å². The van der Waals surface area contributed by atoms with Crippen LogP contribution < -0.4 is 5.32 Å². The number of ether oxygens (including phenoxy) is 1. The van der Waals surface area contributed by atoms with Crippen molar-refractivity contribution in [2.45, 2.75) is 32.3 Å². The summed E-state index contributed by atoms with van der Waals surface area (Å²) in [6, 6.07) is 12.1. The van der Waals surface area contributed by atoms with Crippen molar-refractivity contribution >= 4 is 11.9 Å². The molecule has 1 amide bonds. The fourth-order valence-electron chi connectivity index (χ4n) is 2.54. The Morgan fingerprint density at radius 1 is 1.08 bits per heavy atom. The van der Waals surface area contributed by atoms with E-state index < -0.39 is 29.6 Å². The molecule has 6 heteroatoms. The maximum Gasteiger partial charge on any atom is 0.339 e. The van der Waals surface area contributed by atoms with E-state index in [0.29, 0.717) is 12.6 Å². The van der Waals surface area contributed by atoms with Gasteiger partial charge in [0.05, 0.1) is 5.56 Å². The minimum Gasteiger partial charge on any atom is -0.449 e. The number of carbonyl (C=O) groups is 2. The van der Waals surface area contributed by atoms with E-state index >= 15 is 0 Å². The molecule has 4 nitrogen and oxygen atoms in total. The van der Waals surface area contributed by atoms with E-state index in [2.05, 4.69) is 5.32 Å². The second-order valence-electron chi connectivity index (χ2n) is 5.97. The molecule has 0 bridgehead atoms. The number of benzene rings is 2. The molecular weight excluding hydrogens is 340 g/mol. The van der Waals surface area contributed by atoms with Crippen molar-refractivity contribution in [3.63, 3.8) is 0 Å². The van der Waals surface area contributed by atoms with Gasteiger partial charge in [-0.3, -0.25) is 4.79 Å². The summed E-state index contributed by atoms with van der Waals surface area (Å²) in [6.45, 7) is 3.83. The first-order valence-electron chi connectivity index (χ1n) is 8.40. The van der Waals surface area contributed by atoms with Crippen molar-refractivity contribution in [1.82, 2.24) is 5.32 Å². The number of amides is 1. The van der Waals surface area contributed by atoms with E-state index in [9.17, 15) is 18.4 Å². The summed E-state index contributed by atoms with van der Waals surface area (Å²) >= 11 is 0. The van der Waals surface area contributed by atoms with E-state index in [0.717, 1.165) is 24.1 Å². The Morgan fingerprint density at radius 2 is 1.69 bits per heavy atom. The molecule has 0 heterocycles. The Hall–Kier alpha value is -2.76. The van der Waals surface area contributed by atoms with Crippen LogP contribution in [0, 0.1) is 11.6 Å². The highest BCUT2D eigenvalue weighted by atomic mass is 19.1.